The number of rotatable bonds is 4. The van der Waals surface area contributed by atoms with Gasteiger partial charge in [0.15, 0.2) is 5.78 Å². The number of ketones is 1. The van der Waals surface area contributed by atoms with Gasteiger partial charge in [0.25, 0.3) is 0 Å². The van der Waals surface area contributed by atoms with Crippen LogP contribution in [0.3, 0.4) is 0 Å². The van der Waals surface area contributed by atoms with Crippen molar-refractivity contribution in [2.45, 2.75) is 19.8 Å². The molecule has 0 unspecified atom stereocenters. The van der Waals surface area contributed by atoms with Crippen molar-refractivity contribution < 1.29 is 9.59 Å². The Labute approximate surface area is 66.5 Å². The maximum Gasteiger partial charge on any atom is 0.224 e. The van der Waals surface area contributed by atoms with Crippen molar-refractivity contribution in [2.24, 2.45) is 0 Å². The van der Waals surface area contributed by atoms with Crippen LogP contribution in [0.25, 0.3) is 0 Å². The lowest BCUT2D eigenvalue weighted by Crippen LogP contribution is -2.19. The van der Waals surface area contributed by atoms with E-state index in [1.165, 1.54) is 7.05 Å². The number of carbonyl (C=O) groups is 2. The molecule has 0 rings (SSSR count). The van der Waals surface area contributed by atoms with Crippen LogP contribution >= 0.6 is 0 Å². The van der Waals surface area contributed by atoms with Gasteiger partial charge >= 0.3 is 0 Å². The predicted molar refractivity (Wildman–Crippen MR) is 43.1 cm³/mol. The molecule has 1 N–H and O–H groups in total. The van der Waals surface area contributed by atoms with Crippen molar-refractivity contribution in [1.82, 2.24) is 5.32 Å². The highest BCUT2D eigenvalue weighted by molar-refractivity contribution is 5.99. The van der Waals surface area contributed by atoms with Gasteiger partial charge in [0.05, 0.1) is 6.42 Å². The fourth-order valence-corrected chi connectivity index (χ4v) is 0.631. The minimum Gasteiger partial charge on any atom is -0.359 e. The first-order valence-corrected chi connectivity index (χ1v) is 3.53. The Morgan fingerprint density at radius 3 is 2.36 bits per heavy atom. The third-order valence-electron chi connectivity index (χ3n) is 1.37. The Morgan fingerprint density at radius 2 is 2.00 bits per heavy atom. The molecule has 0 saturated carbocycles. The van der Waals surface area contributed by atoms with Crippen LogP contribution in [0.1, 0.15) is 19.8 Å². The average Bonchev–Trinajstić information content (AvgIpc) is 2.02. The topological polar surface area (TPSA) is 46.2 Å². The molecule has 0 atom stereocenters. The molecular formula is C8H13NO2. The Bertz CT molecular complexity index is 185. The molecular weight excluding hydrogens is 142 g/mol. The molecule has 11 heavy (non-hydrogen) atoms. The number of hydrogen-bond acceptors (Lipinski definition) is 2. The average molecular weight is 155 g/mol. The second-order valence-corrected chi connectivity index (χ2v) is 2.23. The molecule has 0 saturated heterocycles. The van der Waals surface area contributed by atoms with E-state index in [4.69, 9.17) is 0 Å². The molecule has 0 spiro atoms. The van der Waals surface area contributed by atoms with Gasteiger partial charge in [0, 0.05) is 13.5 Å². The number of Topliss-reactive ketones (excluding diaryl/α,β-unsaturated/α-hetero) is 1. The van der Waals surface area contributed by atoms with Crippen molar-refractivity contribution in [3.8, 4) is 0 Å². The van der Waals surface area contributed by atoms with E-state index >= 15 is 0 Å². The number of amides is 1. The molecule has 0 fully saturated rings. The monoisotopic (exact) mass is 155 g/mol. The van der Waals surface area contributed by atoms with Crippen molar-refractivity contribution in [3.05, 3.63) is 12.2 Å². The molecule has 0 aliphatic rings. The number of hydrogen-bond donors (Lipinski definition) is 1. The summed E-state index contributed by atoms with van der Waals surface area (Å²) < 4.78 is 0. The van der Waals surface area contributed by atoms with Gasteiger partial charge in [-0.05, 0) is 5.57 Å². The Hall–Kier alpha value is -1.12. The Kier molecular flexibility index (Phi) is 4.18. The zero-order chi connectivity index (χ0) is 8.85. The maximum absolute atomic E-state index is 10.9. The molecule has 0 heterocycles. The quantitative estimate of drug-likeness (QED) is 0.606. The fourth-order valence-electron chi connectivity index (χ4n) is 0.631. The highest BCUT2D eigenvalue weighted by atomic mass is 16.2. The van der Waals surface area contributed by atoms with Crippen molar-refractivity contribution in [3.63, 3.8) is 0 Å². The van der Waals surface area contributed by atoms with Crippen LogP contribution in [0.2, 0.25) is 0 Å². The first-order valence-electron chi connectivity index (χ1n) is 3.53. The zero-order valence-electron chi connectivity index (χ0n) is 6.94. The highest BCUT2D eigenvalue weighted by Gasteiger charge is 2.07. The molecule has 0 aliphatic heterocycles. The van der Waals surface area contributed by atoms with Crippen LogP contribution in [-0.4, -0.2) is 18.7 Å². The normalized spacial score (nSPS) is 8.91. The molecule has 3 nitrogen and oxygen atoms in total. The van der Waals surface area contributed by atoms with Crippen LogP contribution in [0.15, 0.2) is 12.2 Å². The van der Waals surface area contributed by atoms with E-state index in [-0.39, 0.29) is 18.1 Å². The van der Waals surface area contributed by atoms with Gasteiger partial charge in [-0.1, -0.05) is 13.5 Å². The van der Waals surface area contributed by atoms with Crippen LogP contribution < -0.4 is 5.32 Å². The lowest BCUT2D eigenvalue weighted by Gasteiger charge is -2.00. The Balaban J connectivity index is 3.88. The maximum atomic E-state index is 10.9. The summed E-state index contributed by atoms with van der Waals surface area (Å²) in [5.74, 6) is -0.217. The summed E-state index contributed by atoms with van der Waals surface area (Å²) >= 11 is 0. The Morgan fingerprint density at radius 1 is 1.45 bits per heavy atom. The van der Waals surface area contributed by atoms with Gasteiger partial charge in [0.1, 0.15) is 0 Å². The van der Waals surface area contributed by atoms with E-state index in [1.807, 2.05) is 0 Å². The summed E-state index contributed by atoms with van der Waals surface area (Å²) in [6.07, 6.45) is 0.527. The zero-order valence-corrected chi connectivity index (χ0v) is 6.94. The van der Waals surface area contributed by atoms with Gasteiger partial charge in [0.2, 0.25) is 5.91 Å². The molecule has 0 bridgehead atoms. The summed E-state index contributed by atoms with van der Waals surface area (Å²) in [5, 5.41) is 2.42. The molecule has 0 aromatic rings. The van der Waals surface area contributed by atoms with E-state index in [2.05, 4.69) is 11.9 Å². The molecule has 0 radical (unpaired) electrons. The van der Waals surface area contributed by atoms with Gasteiger partial charge in [-0.3, -0.25) is 9.59 Å². The van der Waals surface area contributed by atoms with Crippen molar-refractivity contribution in [1.29, 1.82) is 0 Å². The molecule has 0 aromatic carbocycles. The summed E-state index contributed by atoms with van der Waals surface area (Å²) in [7, 11) is 1.53. The molecule has 1 amide bonds. The van der Waals surface area contributed by atoms with Gasteiger partial charge in [-0.25, -0.2) is 0 Å². The van der Waals surface area contributed by atoms with E-state index in [9.17, 15) is 9.59 Å². The first kappa shape index (κ1) is 9.88. The van der Waals surface area contributed by atoms with Gasteiger partial charge < -0.3 is 5.32 Å². The van der Waals surface area contributed by atoms with E-state index in [0.717, 1.165) is 0 Å². The summed E-state index contributed by atoms with van der Waals surface area (Å²) in [5.41, 5.74) is 0.381. The third kappa shape index (κ3) is 3.55. The standard InChI is InChI=1S/C8H13NO2/c1-4-7(10)6(2)5-8(11)9-3/h2,4-5H2,1,3H3,(H,9,11). The molecule has 0 aliphatic carbocycles. The second kappa shape index (κ2) is 4.66. The van der Waals surface area contributed by atoms with E-state index in [1.54, 1.807) is 6.92 Å². The van der Waals surface area contributed by atoms with Gasteiger partial charge in [-0.15, -0.1) is 0 Å². The molecule has 3 heteroatoms. The van der Waals surface area contributed by atoms with Crippen molar-refractivity contribution in [2.75, 3.05) is 7.05 Å². The third-order valence-corrected chi connectivity index (χ3v) is 1.37. The van der Waals surface area contributed by atoms with Crippen LogP contribution in [0.4, 0.5) is 0 Å². The lowest BCUT2D eigenvalue weighted by molar-refractivity contribution is -0.122. The minimum atomic E-state index is -0.170. The fraction of sp³-hybridized carbons (Fsp3) is 0.500. The number of nitrogens with one attached hydrogen (secondary N) is 1. The lowest BCUT2D eigenvalue weighted by atomic mass is 10.1. The predicted octanol–water partition coefficient (Wildman–Crippen LogP) is 0.658. The number of carbonyl (C=O) groups excluding carboxylic acids is 2. The van der Waals surface area contributed by atoms with Gasteiger partial charge in [-0.2, -0.15) is 0 Å². The summed E-state index contributed by atoms with van der Waals surface area (Å²) in [6.45, 7) is 5.25. The van der Waals surface area contributed by atoms with Crippen LogP contribution in [-0.2, 0) is 9.59 Å². The highest BCUT2D eigenvalue weighted by Crippen LogP contribution is 2.01. The SMILES string of the molecule is C=C(CC(=O)NC)C(=O)CC. The van der Waals surface area contributed by atoms with E-state index < -0.39 is 0 Å². The second-order valence-electron chi connectivity index (χ2n) is 2.23. The van der Waals surface area contributed by atoms with Crippen LogP contribution in [0.5, 0.6) is 0 Å². The summed E-state index contributed by atoms with van der Waals surface area (Å²) in [6, 6.07) is 0. The molecule has 62 valence electrons. The first-order chi connectivity index (χ1) is 5.11. The van der Waals surface area contributed by atoms with Crippen LogP contribution in [0, 0.1) is 0 Å². The molecule has 0 aromatic heterocycles. The van der Waals surface area contributed by atoms with E-state index in [0.29, 0.717) is 12.0 Å². The minimum absolute atomic E-state index is 0.0476. The summed E-state index contributed by atoms with van der Waals surface area (Å²) in [4.78, 5) is 21.6. The smallest absolute Gasteiger partial charge is 0.224 e. The largest absolute Gasteiger partial charge is 0.359 e. The van der Waals surface area contributed by atoms with Crippen molar-refractivity contribution >= 4 is 11.7 Å².